The number of hydrogen-bond donors (Lipinski definition) is 1. The monoisotopic (exact) mass is 319 g/mol. The smallest absolute Gasteiger partial charge is 0.119 e. The van der Waals surface area contributed by atoms with Crippen molar-refractivity contribution in [1.29, 1.82) is 0 Å². The fourth-order valence-corrected chi connectivity index (χ4v) is 3.05. The fraction of sp³-hybridized carbons (Fsp3) is 0.684. The van der Waals surface area contributed by atoms with Crippen LogP contribution in [0.4, 0.5) is 0 Å². The summed E-state index contributed by atoms with van der Waals surface area (Å²) in [4.78, 5) is 5.16. The second-order valence-corrected chi connectivity index (χ2v) is 6.40. The molecule has 2 N–H and O–H groups in total. The molecule has 0 spiro atoms. The highest BCUT2D eigenvalue weighted by molar-refractivity contribution is 5.20. The molecule has 0 amide bonds. The SMILES string of the molecule is NCCCN1CCN(CCCCCCOc2ccccc2)CC1. The standard InChI is InChI=1S/C19H33N3O/c20-11-8-13-22-16-14-21(15-17-22)12-6-1-2-7-18-23-19-9-4-3-5-10-19/h3-5,9-10H,1-2,6-8,11-18,20H2. The van der Waals surface area contributed by atoms with Crippen molar-refractivity contribution >= 4 is 0 Å². The molecular weight excluding hydrogens is 286 g/mol. The molecule has 1 heterocycles. The maximum Gasteiger partial charge on any atom is 0.119 e. The molecule has 0 radical (unpaired) electrons. The lowest BCUT2D eigenvalue weighted by Crippen LogP contribution is -2.46. The predicted octanol–water partition coefficient (Wildman–Crippen LogP) is 2.59. The van der Waals surface area contributed by atoms with Crippen molar-refractivity contribution < 1.29 is 4.74 Å². The molecule has 1 aliphatic heterocycles. The van der Waals surface area contributed by atoms with E-state index in [4.69, 9.17) is 10.5 Å². The Labute approximate surface area is 141 Å². The molecule has 0 bridgehead atoms. The minimum Gasteiger partial charge on any atom is -0.494 e. The van der Waals surface area contributed by atoms with E-state index in [2.05, 4.69) is 9.80 Å². The first-order valence-electron chi connectivity index (χ1n) is 9.21. The van der Waals surface area contributed by atoms with Crippen LogP contribution in [0.1, 0.15) is 32.1 Å². The maximum absolute atomic E-state index is 5.72. The number of piperazine rings is 1. The van der Waals surface area contributed by atoms with Gasteiger partial charge in [0.2, 0.25) is 0 Å². The Morgan fingerprint density at radius 2 is 1.39 bits per heavy atom. The van der Waals surface area contributed by atoms with Crippen LogP contribution >= 0.6 is 0 Å². The highest BCUT2D eigenvalue weighted by atomic mass is 16.5. The van der Waals surface area contributed by atoms with E-state index < -0.39 is 0 Å². The van der Waals surface area contributed by atoms with Crippen molar-refractivity contribution in [2.45, 2.75) is 32.1 Å². The molecule has 23 heavy (non-hydrogen) atoms. The van der Waals surface area contributed by atoms with Gasteiger partial charge in [-0.25, -0.2) is 0 Å². The lowest BCUT2D eigenvalue weighted by molar-refractivity contribution is 0.130. The van der Waals surface area contributed by atoms with Gasteiger partial charge in [-0.1, -0.05) is 31.0 Å². The van der Waals surface area contributed by atoms with Crippen LogP contribution in [0.15, 0.2) is 30.3 Å². The first kappa shape index (κ1) is 18.2. The summed E-state index contributed by atoms with van der Waals surface area (Å²) in [6, 6.07) is 10.1. The zero-order valence-electron chi connectivity index (χ0n) is 14.5. The van der Waals surface area contributed by atoms with Gasteiger partial charge in [0.1, 0.15) is 5.75 Å². The quantitative estimate of drug-likeness (QED) is 0.637. The molecule has 0 atom stereocenters. The summed E-state index contributed by atoms with van der Waals surface area (Å²) in [5, 5.41) is 0. The van der Waals surface area contributed by atoms with Crippen molar-refractivity contribution in [1.82, 2.24) is 9.80 Å². The van der Waals surface area contributed by atoms with Crippen LogP contribution in [0.3, 0.4) is 0 Å². The molecule has 4 heteroatoms. The third kappa shape index (κ3) is 7.82. The molecule has 0 aromatic heterocycles. The first-order valence-corrected chi connectivity index (χ1v) is 9.21. The molecule has 1 aromatic carbocycles. The van der Waals surface area contributed by atoms with Crippen molar-refractivity contribution in [2.75, 3.05) is 52.4 Å². The van der Waals surface area contributed by atoms with E-state index >= 15 is 0 Å². The van der Waals surface area contributed by atoms with E-state index in [1.165, 1.54) is 58.5 Å². The molecular formula is C19H33N3O. The Balaban J connectivity index is 1.41. The zero-order chi connectivity index (χ0) is 16.2. The Morgan fingerprint density at radius 3 is 2.04 bits per heavy atom. The Hall–Kier alpha value is -1.10. The molecule has 130 valence electrons. The Morgan fingerprint density at radius 1 is 0.783 bits per heavy atom. The number of hydrogen-bond acceptors (Lipinski definition) is 4. The number of ether oxygens (including phenoxy) is 1. The van der Waals surface area contributed by atoms with E-state index in [0.717, 1.165) is 31.7 Å². The first-order chi connectivity index (χ1) is 11.4. The van der Waals surface area contributed by atoms with Gasteiger partial charge in [-0.15, -0.1) is 0 Å². The van der Waals surface area contributed by atoms with Crippen molar-refractivity contribution in [2.24, 2.45) is 5.73 Å². The van der Waals surface area contributed by atoms with E-state index in [-0.39, 0.29) is 0 Å². The van der Waals surface area contributed by atoms with Crippen LogP contribution in [0.25, 0.3) is 0 Å². The third-order valence-corrected chi connectivity index (χ3v) is 4.52. The second kappa shape index (κ2) is 11.4. The number of unbranched alkanes of at least 4 members (excludes halogenated alkanes) is 3. The Bertz CT molecular complexity index is 391. The van der Waals surface area contributed by atoms with Gasteiger partial charge in [0.25, 0.3) is 0 Å². The van der Waals surface area contributed by atoms with Gasteiger partial charge in [0, 0.05) is 26.2 Å². The van der Waals surface area contributed by atoms with Crippen LogP contribution < -0.4 is 10.5 Å². The molecule has 1 aliphatic rings. The van der Waals surface area contributed by atoms with Gasteiger partial charge < -0.3 is 20.3 Å². The molecule has 1 aromatic rings. The summed E-state index contributed by atoms with van der Waals surface area (Å²) in [5.41, 5.74) is 5.58. The van der Waals surface area contributed by atoms with Crippen LogP contribution in [-0.2, 0) is 0 Å². The highest BCUT2D eigenvalue weighted by Gasteiger charge is 2.15. The van der Waals surface area contributed by atoms with Crippen LogP contribution in [0, 0.1) is 0 Å². The zero-order valence-corrected chi connectivity index (χ0v) is 14.5. The highest BCUT2D eigenvalue weighted by Crippen LogP contribution is 2.10. The van der Waals surface area contributed by atoms with Crippen molar-refractivity contribution in [3.05, 3.63) is 30.3 Å². The summed E-state index contributed by atoms with van der Waals surface area (Å²) in [7, 11) is 0. The van der Waals surface area contributed by atoms with Crippen LogP contribution in [0.5, 0.6) is 5.75 Å². The molecule has 1 fully saturated rings. The topological polar surface area (TPSA) is 41.7 Å². The maximum atomic E-state index is 5.72. The van der Waals surface area contributed by atoms with Gasteiger partial charge >= 0.3 is 0 Å². The molecule has 0 unspecified atom stereocenters. The van der Waals surface area contributed by atoms with E-state index in [0.29, 0.717) is 0 Å². The van der Waals surface area contributed by atoms with Crippen LogP contribution in [0.2, 0.25) is 0 Å². The molecule has 4 nitrogen and oxygen atoms in total. The largest absolute Gasteiger partial charge is 0.494 e. The normalized spacial score (nSPS) is 16.6. The number of rotatable bonds is 11. The molecule has 0 aliphatic carbocycles. The lowest BCUT2D eigenvalue weighted by atomic mass is 10.2. The minimum atomic E-state index is 0.814. The third-order valence-electron chi connectivity index (χ3n) is 4.52. The Kier molecular flexibility index (Phi) is 9.07. The second-order valence-electron chi connectivity index (χ2n) is 6.40. The summed E-state index contributed by atoms with van der Waals surface area (Å²) in [6.07, 6.45) is 6.18. The minimum absolute atomic E-state index is 0.814. The predicted molar refractivity (Wildman–Crippen MR) is 97.0 cm³/mol. The van der Waals surface area contributed by atoms with Crippen LogP contribution in [-0.4, -0.2) is 62.2 Å². The average Bonchev–Trinajstić information content (AvgIpc) is 2.61. The van der Waals surface area contributed by atoms with E-state index in [9.17, 15) is 0 Å². The van der Waals surface area contributed by atoms with Gasteiger partial charge in [-0.05, 0) is 51.0 Å². The summed E-state index contributed by atoms with van der Waals surface area (Å²) in [5.74, 6) is 0.986. The summed E-state index contributed by atoms with van der Waals surface area (Å²) >= 11 is 0. The van der Waals surface area contributed by atoms with Crippen molar-refractivity contribution in [3.63, 3.8) is 0 Å². The average molecular weight is 319 g/mol. The number of benzene rings is 1. The lowest BCUT2D eigenvalue weighted by Gasteiger charge is -2.34. The van der Waals surface area contributed by atoms with E-state index in [1.54, 1.807) is 0 Å². The number of para-hydroxylation sites is 1. The number of nitrogens with zero attached hydrogens (tertiary/aromatic N) is 2. The van der Waals surface area contributed by atoms with Crippen molar-refractivity contribution in [3.8, 4) is 5.75 Å². The molecule has 0 saturated carbocycles. The molecule has 1 saturated heterocycles. The summed E-state index contributed by atoms with van der Waals surface area (Å²) < 4.78 is 5.72. The summed E-state index contributed by atoms with van der Waals surface area (Å²) in [6.45, 7) is 8.95. The molecule has 2 rings (SSSR count). The van der Waals surface area contributed by atoms with Gasteiger partial charge in [-0.2, -0.15) is 0 Å². The number of nitrogens with two attached hydrogens (primary N) is 1. The fourth-order valence-electron chi connectivity index (χ4n) is 3.05. The van der Waals surface area contributed by atoms with Gasteiger partial charge in [-0.3, -0.25) is 0 Å². The van der Waals surface area contributed by atoms with Gasteiger partial charge in [0.05, 0.1) is 6.61 Å². The van der Waals surface area contributed by atoms with E-state index in [1.807, 2.05) is 30.3 Å². The van der Waals surface area contributed by atoms with Gasteiger partial charge in [0.15, 0.2) is 0 Å².